The highest BCUT2D eigenvalue weighted by Gasteiger charge is 2.24. The molecule has 1 aliphatic carbocycles. The first-order chi connectivity index (χ1) is 5.34. The van der Waals surface area contributed by atoms with Crippen LogP contribution in [0.25, 0.3) is 0 Å². The maximum atomic E-state index is 11.2. The van der Waals surface area contributed by atoms with E-state index in [4.69, 9.17) is 0 Å². The van der Waals surface area contributed by atoms with E-state index in [2.05, 4.69) is 11.6 Å². The lowest BCUT2D eigenvalue weighted by molar-refractivity contribution is -0.127. The maximum Gasteiger partial charge on any atom is 0.223 e. The van der Waals surface area contributed by atoms with Crippen LogP contribution in [-0.4, -0.2) is 24.5 Å². The summed E-state index contributed by atoms with van der Waals surface area (Å²) in [6.07, 6.45) is 5.49. The molecule has 3 heteroatoms. The molecule has 0 unspecified atom stereocenters. The first kappa shape index (κ1) is 8.91. The molecule has 0 heterocycles. The quantitative estimate of drug-likeness (QED) is 0.649. The zero-order valence-corrected chi connectivity index (χ0v) is 7.75. The second kappa shape index (κ2) is 4.65. The summed E-state index contributed by atoms with van der Waals surface area (Å²) in [5, 5.41) is 2.93. The van der Waals surface area contributed by atoms with Crippen molar-refractivity contribution in [2.24, 2.45) is 5.92 Å². The van der Waals surface area contributed by atoms with Gasteiger partial charge in [0.05, 0.1) is 0 Å². The van der Waals surface area contributed by atoms with Crippen LogP contribution in [-0.2, 0) is 4.79 Å². The highest BCUT2D eigenvalue weighted by atomic mass is 32.2. The first-order valence-electron chi connectivity index (χ1n) is 4.11. The van der Waals surface area contributed by atoms with E-state index in [9.17, 15) is 4.79 Å². The van der Waals surface area contributed by atoms with Crippen molar-refractivity contribution >= 4 is 17.7 Å². The number of hydrogen-bond donors (Lipinski definition) is 1. The van der Waals surface area contributed by atoms with Crippen LogP contribution < -0.4 is 5.32 Å². The Hall–Kier alpha value is -0.180. The number of amides is 1. The van der Waals surface area contributed by atoms with Gasteiger partial charge in [-0.1, -0.05) is 6.42 Å². The Morgan fingerprint density at radius 1 is 1.64 bits per heavy atom. The van der Waals surface area contributed by atoms with Crippen molar-refractivity contribution in [2.75, 3.05) is 18.6 Å². The van der Waals surface area contributed by atoms with Crippen LogP contribution >= 0.6 is 11.8 Å². The van der Waals surface area contributed by atoms with Crippen LogP contribution in [0.5, 0.6) is 0 Å². The molecule has 0 aromatic heterocycles. The summed E-state index contributed by atoms with van der Waals surface area (Å²) in [5.74, 6) is 1.64. The number of carbonyl (C=O) groups excluding carboxylic acids is 1. The smallest absolute Gasteiger partial charge is 0.223 e. The molecule has 1 saturated carbocycles. The number of nitrogens with one attached hydrogen (secondary N) is 1. The summed E-state index contributed by atoms with van der Waals surface area (Å²) in [6, 6.07) is 0. The zero-order chi connectivity index (χ0) is 8.10. The molecular formula is C8H15NOS. The summed E-state index contributed by atoms with van der Waals surface area (Å²) in [6.45, 7) is 0.830. The van der Waals surface area contributed by atoms with Gasteiger partial charge in [0.2, 0.25) is 5.91 Å². The largest absolute Gasteiger partial charge is 0.355 e. The minimum absolute atomic E-state index is 0.269. The molecule has 0 aromatic rings. The molecule has 0 bridgehead atoms. The standard InChI is InChI=1S/C8H15NOS/c1-11-6-5-9-8(10)7-3-2-4-7/h7H,2-6H2,1H3,(H,9,10). The van der Waals surface area contributed by atoms with Gasteiger partial charge in [-0.25, -0.2) is 0 Å². The van der Waals surface area contributed by atoms with Crippen molar-refractivity contribution in [3.63, 3.8) is 0 Å². The lowest BCUT2D eigenvalue weighted by atomic mass is 9.85. The summed E-state index contributed by atoms with van der Waals surface area (Å²) in [4.78, 5) is 11.2. The fourth-order valence-corrected chi connectivity index (χ4v) is 1.40. The fraction of sp³-hybridized carbons (Fsp3) is 0.875. The van der Waals surface area contributed by atoms with Gasteiger partial charge in [-0.3, -0.25) is 4.79 Å². The van der Waals surface area contributed by atoms with Gasteiger partial charge in [0.15, 0.2) is 0 Å². The van der Waals surface area contributed by atoms with Crippen molar-refractivity contribution in [2.45, 2.75) is 19.3 Å². The Kier molecular flexibility index (Phi) is 3.77. The first-order valence-corrected chi connectivity index (χ1v) is 5.50. The minimum Gasteiger partial charge on any atom is -0.355 e. The molecule has 1 N–H and O–H groups in total. The summed E-state index contributed by atoms with van der Waals surface area (Å²) >= 11 is 1.77. The van der Waals surface area contributed by atoms with E-state index < -0.39 is 0 Å². The predicted molar refractivity (Wildman–Crippen MR) is 48.7 cm³/mol. The summed E-state index contributed by atoms with van der Waals surface area (Å²) in [5.41, 5.74) is 0. The van der Waals surface area contributed by atoms with Gasteiger partial charge in [0.25, 0.3) is 0 Å². The molecule has 1 aliphatic rings. The molecule has 1 amide bonds. The van der Waals surface area contributed by atoms with Crippen molar-refractivity contribution in [3.05, 3.63) is 0 Å². The van der Waals surface area contributed by atoms with Crippen LogP contribution in [0.3, 0.4) is 0 Å². The van der Waals surface area contributed by atoms with Crippen molar-refractivity contribution < 1.29 is 4.79 Å². The van der Waals surface area contributed by atoms with Gasteiger partial charge < -0.3 is 5.32 Å². The van der Waals surface area contributed by atoms with Crippen molar-refractivity contribution in [3.8, 4) is 0 Å². The van der Waals surface area contributed by atoms with Gasteiger partial charge in [-0.2, -0.15) is 11.8 Å². The van der Waals surface area contributed by atoms with Gasteiger partial charge in [0.1, 0.15) is 0 Å². The van der Waals surface area contributed by atoms with E-state index >= 15 is 0 Å². The predicted octanol–water partition coefficient (Wildman–Crippen LogP) is 1.27. The van der Waals surface area contributed by atoms with Gasteiger partial charge in [0, 0.05) is 18.2 Å². The Morgan fingerprint density at radius 3 is 2.82 bits per heavy atom. The highest BCUT2D eigenvalue weighted by molar-refractivity contribution is 7.98. The third-order valence-electron chi connectivity index (χ3n) is 2.08. The van der Waals surface area contributed by atoms with E-state index in [1.165, 1.54) is 6.42 Å². The van der Waals surface area contributed by atoms with E-state index in [1.54, 1.807) is 11.8 Å². The Morgan fingerprint density at radius 2 is 2.36 bits per heavy atom. The third-order valence-corrected chi connectivity index (χ3v) is 2.69. The van der Waals surface area contributed by atoms with E-state index in [-0.39, 0.29) is 5.91 Å². The Balaban J connectivity index is 2.01. The van der Waals surface area contributed by atoms with E-state index in [0.717, 1.165) is 25.1 Å². The topological polar surface area (TPSA) is 29.1 Å². The average molecular weight is 173 g/mol. The monoisotopic (exact) mass is 173 g/mol. The number of rotatable bonds is 4. The molecule has 0 radical (unpaired) electrons. The Bertz CT molecular complexity index is 134. The zero-order valence-electron chi connectivity index (χ0n) is 6.93. The molecule has 0 aliphatic heterocycles. The molecule has 0 atom stereocenters. The highest BCUT2D eigenvalue weighted by Crippen LogP contribution is 2.25. The molecule has 11 heavy (non-hydrogen) atoms. The number of carbonyl (C=O) groups is 1. The van der Waals surface area contributed by atoms with Crippen LogP contribution in [0.15, 0.2) is 0 Å². The third kappa shape index (κ3) is 2.73. The molecule has 0 aromatic carbocycles. The van der Waals surface area contributed by atoms with Crippen molar-refractivity contribution in [1.29, 1.82) is 0 Å². The van der Waals surface area contributed by atoms with Crippen LogP contribution in [0.4, 0.5) is 0 Å². The number of thioether (sulfide) groups is 1. The van der Waals surface area contributed by atoms with E-state index in [1.807, 2.05) is 0 Å². The van der Waals surface area contributed by atoms with Crippen LogP contribution in [0.2, 0.25) is 0 Å². The minimum atomic E-state index is 0.269. The molecule has 0 spiro atoms. The lowest BCUT2D eigenvalue weighted by Gasteiger charge is -2.23. The summed E-state index contributed by atoms with van der Waals surface area (Å²) in [7, 11) is 0. The van der Waals surface area contributed by atoms with Crippen molar-refractivity contribution in [1.82, 2.24) is 5.32 Å². The van der Waals surface area contributed by atoms with Gasteiger partial charge in [-0.05, 0) is 19.1 Å². The second-order valence-corrected chi connectivity index (χ2v) is 3.90. The van der Waals surface area contributed by atoms with E-state index in [0.29, 0.717) is 5.92 Å². The second-order valence-electron chi connectivity index (χ2n) is 2.91. The fourth-order valence-electron chi connectivity index (χ4n) is 1.09. The SMILES string of the molecule is CSCCNC(=O)C1CCC1. The molecule has 2 nitrogen and oxygen atoms in total. The number of hydrogen-bond acceptors (Lipinski definition) is 2. The van der Waals surface area contributed by atoms with Gasteiger partial charge in [-0.15, -0.1) is 0 Å². The molecule has 1 rings (SSSR count). The van der Waals surface area contributed by atoms with Crippen LogP contribution in [0, 0.1) is 5.92 Å². The molecular weight excluding hydrogens is 158 g/mol. The average Bonchev–Trinajstić information content (AvgIpc) is 1.84. The normalized spacial score (nSPS) is 17.5. The molecule has 0 saturated heterocycles. The molecule has 1 fully saturated rings. The van der Waals surface area contributed by atoms with Gasteiger partial charge >= 0.3 is 0 Å². The van der Waals surface area contributed by atoms with Crippen LogP contribution in [0.1, 0.15) is 19.3 Å². The Labute approximate surface area is 72.1 Å². The molecule has 64 valence electrons. The maximum absolute atomic E-state index is 11.2. The summed E-state index contributed by atoms with van der Waals surface area (Å²) < 4.78 is 0. The lowest BCUT2D eigenvalue weighted by Crippen LogP contribution is -2.35.